The highest BCUT2D eigenvalue weighted by Crippen LogP contribution is 2.20. The molecule has 0 bridgehead atoms. The molecule has 3 nitrogen and oxygen atoms in total. The van der Waals surface area contributed by atoms with Crippen LogP contribution in [0.15, 0.2) is 0 Å². The molecule has 0 radical (unpaired) electrons. The monoisotopic (exact) mass is 198 g/mol. The van der Waals surface area contributed by atoms with E-state index in [1.165, 1.54) is 25.8 Å². The van der Waals surface area contributed by atoms with E-state index in [2.05, 4.69) is 17.3 Å². The van der Waals surface area contributed by atoms with E-state index in [4.69, 9.17) is 0 Å². The Balaban J connectivity index is 1.71. The first-order chi connectivity index (χ1) is 6.77. The molecule has 2 aliphatic rings. The lowest BCUT2D eigenvalue weighted by Crippen LogP contribution is -2.43. The molecule has 2 N–H and O–H groups in total. The summed E-state index contributed by atoms with van der Waals surface area (Å²) < 4.78 is 0. The molecule has 82 valence electrons. The number of aliphatic hydroxyl groups is 1. The Morgan fingerprint density at radius 3 is 2.71 bits per heavy atom. The molecule has 1 saturated carbocycles. The Bertz CT molecular complexity index is 166. The maximum Gasteiger partial charge on any atom is 0.0693 e. The second-order valence-corrected chi connectivity index (χ2v) is 4.79. The minimum absolute atomic E-state index is 0.0956. The summed E-state index contributed by atoms with van der Waals surface area (Å²) in [4.78, 5) is 2.42. The van der Waals surface area contributed by atoms with Crippen molar-refractivity contribution in [2.75, 3.05) is 20.1 Å². The summed E-state index contributed by atoms with van der Waals surface area (Å²) in [5.74, 6) is 0. The van der Waals surface area contributed by atoms with Gasteiger partial charge in [0.2, 0.25) is 0 Å². The van der Waals surface area contributed by atoms with Crippen LogP contribution in [-0.4, -0.2) is 48.3 Å². The van der Waals surface area contributed by atoms with Crippen molar-refractivity contribution < 1.29 is 5.11 Å². The molecule has 0 amide bonds. The second kappa shape index (κ2) is 4.60. The summed E-state index contributed by atoms with van der Waals surface area (Å²) in [6.45, 7) is 2.29. The maximum atomic E-state index is 9.65. The van der Waals surface area contributed by atoms with Gasteiger partial charge in [-0.1, -0.05) is 0 Å². The fourth-order valence-corrected chi connectivity index (χ4v) is 2.70. The van der Waals surface area contributed by atoms with E-state index in [0.29, 0.717) is 12.1 Å². The van der Waals surface area contributed by atoms with Gasteiger partial charge in [-0.2, -0.15) is 0 Å². The molecule has 3 atom stereocenters. The van der Waals surface area contributed by atoms with E-state index in [-0.39, 0.29) is 6.10 Å². The Kier molecular flexibility index (Phi) is 3.42. The molecule has 1 aliphatic carbocycles. The number of hydrogen-bond acceptors (Lipinski definition) is 3. The SMILES string of the molecule is CN1CCCC1CNC1CCCC1O. The largest absolute Gasteiger partial charge is 0.392 e. The van der Waals surface area contributed by atoms with E-state index >= 15 is 0 Å². The highest BCUT2D eigenvalue weighted by atomic mass is 16.3. The summed E-state index contributed by atoms with van der Waals surface area (Å²) in [5, 5.41) is 13.2. The normalized spacial score (nSPS) is 39.4. The Hall–Kier alpha value is -0.120. The van der Waals surface area contributed by atoms with Crippen LogP contribution in [0.2, 0.25) is 0 Å². The minimum atomic E-state index is -0.0956. The van der Waals surface area contributed by atoms with Gasteiger partial charge in [0.25, 0.3) is 0 Å². The van der Waals surface area contributed by atoms with Crippen LogP contribution >= 0.6 is 0 Å². The van der Waals surface area contributed by atoms with Crippen LogP contribution < -0.4 is 5.32 Å². The predicted molar refractivity (Wildman–Crippen MR) is 57.3 cm³/mol. The first-order valence-corrected chi connectivity index (χ1v) is 5.89. The van der Waals surface area contributed by atoms with Crippen molar-refractivity contribution in [3.05, 3.63) is 0 Å². The Morgan fingerprint density at radius 2 is 2.14 bits per heavy atom. The van der Waals surface area contributed by atoms with Crippen LogP contribution in [-0.2, 0) is 0 Å². The van der Waals surface area contributed by atoms with Crippen LogP contribution in [0.1, 0.15) is 32.1 Å². The van der Waals surface area contributed by atoms with E-state index < -0.39 is 0 Å². The van der Waals surface area contributed by atoms with Gasteiger partial charge < -0.3 is 15.3 Å². The van der Waals surface area contributed by atoms with Gasteiger partial charge in [-0.15, -0.1) is 0 Å². The zero-order valence-electron chi connectivity index (χ0n) is 9.08. The third-order valence-corrected chi connectivity index (χ3v) is 3.77. The van der Waals surface area contributed by atoms with Crippen LogP contribution in [0.5, 0.6) is 0 Å². The van der Waals surface area contributed by atoms with Crippen molar-refractivity contribution in [2.24, 2.45) is 0 Å². The molecule has 1 saturated heterocycles. The zero-order valence-corrected chi connectivity index (χ0v) is 9.08. The van der Waals surface area contributed by atoms with Gasteiger partial charge in [-0.05, 0) is 45.7 Å². The van der Waals surface area contributed by atoms with Crippen LogP contribution in [0.3, 0.4) is 0 Å². The zero-order chi connectivity index (χ0) is 9.97. The molecule has 3 unspecified atom stereocenters. The number of likely N-dealkylation sites (N-methyl/N-ethyl adjacent to an activating group) is 1. The van der Waals surface area contributed by atoms with Gasteiger partial charge in [0.05, 0.1) is 6.10 Å². The number of hydrogen-bond donors (Lipinski definition) is 2. The highest BCUT2D eigenvalue weighted by molar-refractivity contribution is 4.86. The summed E-state index contributed by atoms with van der Waals surface area (Å²) in [6.07, 6.45) is 5.86. The van der Waals surface area contributed by atoms with Gasteiger partial charge in [0, 0.05) is 18.6 Å². The number of nitrogens with zero attached hydrogens (tertiary/aromatic N) is 1. The second-order valence-electron chi connectivity index (χ2n) is 4.79. The fraction of sp³-hybridized carbons (Fsp3) is 1.00. The molecular formula is C11H22N2O. The molecule has 2 rings (SSSR count). The average molecular weight is 198 g/mol. The summed E-state index contributed by atoms with van der Waals surface area (Å²) in [5.41, 5.74) is 0. The standard InChI is InChI=1S/C11H22N2O/c1-13-7-3-4-9(13)8-12-10-5-2-6-11(10)14/h9-12,14H,2-8H2,1H3. The molecule has 14 heavy (non-hydrogen) atoms. The van der Waals surface area contributed by atoms with Crippen molar-refractivity contribution in [3.8, 4) is 0 Å². The molecular weight excluding hydrogens is 176 g/mol. The lowest BCUT2D eigenvalue weighted by molar-refractivity contribution is 0.144. The molecule has 0 aromatic rings. The average Bonchev–Trinajstić information content (AvgIpc) is 2.72. The van der Waals surface area contributed by atoms with Gasteiger partial charge in [0.15, 0.2) is 0 Å². The molecule has 0 aromatic carbocycles. The Morgan fingerprint density at radius 1 is 1.29 bits per heavy atom. The molecule has 0 spiro atoms. The first kappa shape index (κ1) is 10.4. The third-order valence-electron chi connectivity index (χ3n) is 3.77. The summed E-state index contributed by atoms with van der Waals surface area (Å²) in [7, 11) is 2.20. The fourth-order valence-electron chi connectivity index (χ4n) is 2.70. The molecule has 3 heteroatoms. The van der Waals surface area contributed by atoms with Crippen LogP contribution in [0, 0.1) is 0 Å². The van der Waals surface area contributed by atoms with Crippen molar-refractivity contribution >= 4 is 0 Å². The number of likely N-dealkylation sites (tertiary alicyclic amines) is 1. The van der Waals surface area contributed by atoms with E-state index in [1.54, 1.807) is 0 Å². The minimum Gasteiger partial charge on any atom is -0.392 e. The van der Waals surface area contributed by atoms with Gasteiger partial charge >= 0.3 is 0 Å². The van der Waals surface area contributed by atoms with E-state index in [0.717, 1.165) is 19.4 Å². The predicted octanol–water partition coefficient (Wildman–Crippen LogP) is 0.584. The van der Waals surface area contributed by atoms with Crippen LogP contribution in [0.4, 0.5) is 0 Å². The highest BCUT2D eigenvalue weighted by Gasteiger charge is 2.27. The van der Waals surface area contributed by atoms with E-state index in [1.807, 2.05) is 0 Å². The van der Waals surface area contributed by atoms with Crippen LogP contribution in [0.25, 0.3) is 0 Å². The van der Waals surface area contributed by atoms with Gasteiger partial charge in [-0.25, -0.2) is 0 Å². The molecule has 1 heterocycles. The topological polar surface area (TPSA) is 35.5 Å². The number of aliphatic hydroxyl groups excluding tert-OH is 1. The maximum absolute atomic E-state index is 9.65. The smallest absolute Gasteiger partial charge is 0.0693 e. The quantitative estimate of drug-likeness (QED) is 0.696. The van der Waals surface area contributed by atoms with Crippen molar-refractivity contribution in [2.45, 2.75) is 50.3 Å². The first-order valence-electron chi connectivity index (χ1n) is 5.89. The molecule has 1 aliphatic heterocycles. The molecule has 0 aromatic heterocycles. The lowest BCUT2D eigenvalue weighted by Gasteiger charge is -2.23. The van der Waals surface area contributed by atoms with Crippen molar-refractivity contribution in [3.63, 3.8) is 0 Å². The number of rotatable bonds is 3. The summed E-state index contributed by atoms with van der Waals surface area (Å²) >= 11 is 0. The van der Waals surface area contributed by atoms with Crippen molar-refractivity contribution in [1.82, 2.24) is 10.2 Å². The third kappa shape index (κ3) is 2.27. The van der Waals surface area contributed by atoms with Gasteiger partial charge in [0.1, 0.15) is 0 Å². The van der Waals surface area contributed by atoms with E-state index in [9.17, 15) is 5.11 Å². The molecule has 2 fully saturated rings. The van der Waals surface area contributed by atoms with Crippen molar-refractivity contribution in [1.29, 1.82) is 0 Å². The lowest BCUT2D eigenvalue weighted by atomic mass is 10.1. The Labute approximate surface area is 86.5 Å². The summed E-state index contributed by atoms with van der Waals surface area (Å²) in [6, 6.07) is 1.06. The van der Waals surface area contributed by atoms with Gasteiger partial charge in [-0.3, -0.25) is 0 Å². The number of nitrogens with one attached hydrogen (secondary N) is 1.